The zero-order valence-electron chi connectivity index (χ0n) is 11.9. The topological polar surface area (TPSA) is 41.6 Å². The van der Waals surface area contributed by atoms with Crippen LogP contribution < -0.4 is 10.1 Å². The quantitative estimate of drug-likeness (QED) is 0.905. The third-order valence-corrected chi connectivity index (χ3v) is 3.57. The van der Waals surface area contributed by atoms with Crippen molar-refractivity contribution in [3.8, 4) is 5.75 Å². The van der Waals surface area contributed by atoms with E-state index in [0.717, 1.165) is 30.8 Å². The lowest BCUT2D eigenvalue weighted by Gasteiger charge is -2.23. The van der Waals surface area contributed by atoms with Crippen molar-refractivity contribution in [3.05, 3.63) is 23.8 Å². The zero-order valence-corrected chi connectivity index (χ0v) is 11.9. The van der Waals surface area contributed by atoms with E-state index < -0.39 is 0 Å². The number of hydrogen-bond donors (Lipinski definition) is 1. The second-order valence-electron chi connectivity index (χ2n) is 5.20. The molecule has 1 aromatic rings. The first-order valence-electron chi connectivity index (χ1n) is 6.84. The zero-order chi connectivity index (χ0) is 13.8. The molecule has 4 nitrogen and oxygen atoms in total. The Labute approximate surface area is 114 Å². The molecule has 0 radical (unpaired) electrons. The first-order valence-corrected chi connectivity index (χ1v) is 6.84. The van der Waals surface area contributed by atoms with Crippen LogP contribution in [0.5, 0.6) is 5.75 Å². The van der Waals surface area contributed by atoms with Crippen LogP contribution in [0.3, 0.4) is 0 Å². The van der Waals surface area contributed by atoms with E-state index in [1.165, 1.54) is 5.56 Å². The van der Waals surface area contributed by atoms with E-state index in [2.05, 4.69) is 11.4 Å². The van der Waals surface area contributed by atoms with Crippen molar-refractivity contribution >= 4 is 11.6 Å². The van der Waals surface area contributed by atoms with Crippen LogP contribution in [-0.4, -0.2) is 37.0 Å². The van der Waals surface area contributed by atoms with Crippen molar-refractivity contribution in [2.75, 3.05) is 25.5 Å². The molecule has 0 aliphatic carbocycles. The van der Waals surface area contributed by atoms with E-state index in [0.29, 0.717) is 0 Å². The summed E-state index contributed by atoms with van der Waals surface area (Å²) in [6.07, 6.45) is 2.11. The van der Waals surface area contributed by atoms with E-state index >= 15 is 0 Å². The van der Waals surface area contributed by atoms with Gasteiger partial charge in [-0.1, -0.05) is 6.07 Å². The number of ether oxygens (including phenoxy) is 1. The average Bonchev–Trinajstić information content (AvgIpc) is 2.43. The highest BCUT2D eigenvalue weighted by molar-refractivity contribution is 5.77. The second-order valence-corrected chi connectivity index (χ2v) is 5.20. The van der Waals surface area contributed by atoms with E-state index in [9.17, 15) is 4.79 Å². The Morgan fingerprint density at radius 3 is 3.00 bits per heavy atom. The maximum Gasteiger partial charge on any atom is 0.260 e. The summed E-state index contributed by atoms with van der Waals surface area (Å²) in [4.78, 5) is 13.6. The van der Waals surface area contributed by atoms with Crippen LogP contribution in [0.1, 0.15) is 25.8 Å². The van der Waals surface area contributed by atoms with Gasteiger partial charge < -0.3 is 15.0 Å². The fourth-order valence-corrected chi connectivity index (χ4v) is 2.14. The molecule has 0 atom stereocenters. The molecule has 0 aromatic heterocycles. The molecule has 1 amide bonds. The van der Waals surface area contributed by atoms with E-state index in [4.69, 9.17) is 4.74 Å². The molecule has 1 heterocycles. The van der Waals surface area contributed by atoms with Gasteiger partial charge in [0, 0.05) is 30.9 Å². The SMILES string of the molecule is CC(C)N(C)C(=O)COc1cccc2c1CCCN2. The van der Waals surface area contributed by atoms with Crippen molar-refractivity contribution < 1.29 is 9.53 Å². The van der Waals surface area contributed by atoms with Gasteiger partial charge in [0.1, 0.15) is 5.75 Å². The monoisotopic (exact) mass is 262 g/mol. The lowest BCUT2D eigenvalue weighted by Crippen LogP contribution is -2.36. The minimum absolute atomic E-state index is 0.0105. The van der Waals surface area contributed by atoms with Crippen molar-refractivity contribution in [1.29, 1.82) is 0 Å². The number of likely N-dealkylation sites (N-methyl/N-ethyl adjacent to an activating group) is 1. The summed E-state index contributed by atoms with van der Waals surface area (Å²) in [6, 6.07) is 6.16. The van der Waals surface area contributed by atoms with Crippen LogP contribution in [0, 0.1) is 0 Å². The van der Waals surface area contributed by atoms with Gasteiger partial charge in [0.25, 0.3) is 5.91 Å². The molecular weight excluding hydrogens is 240 g/mol. The van der Waals surface area contributed by atoms with E-state index in [1.807, 2.05) is 26.0 Å². The molecule has 1 aliphatic heterocycles. The maximum absolute atomic E-state index is 11.9. The van der Waals surface area contributed by atoms with Gasteiger partial charge in [-0.2, -0.15) is 0 Å². The molecule has 1 aromatic carbocycles. The lowest BCUT2D eigenvalue weighted by molar-refractivity contribution is -0.133. The fourth-order valence-electron chi connectivity index (χ4n) is 2.14. The van der Waals surface area contributed by atoms with Gasteiger partial charge in [-0.25, -0.2) is 0 Å². The van der Waals surface area contributed by atoms with Crippen LogP contribution in [0.25, 0.3) is 0 Å². The van der Waals surface area contributed by atoms with Crippen LogP contribution in [0.15, 0.2) is 18.2 Å². The number of rotatable bonds is 4. The molecule has 1 N–H and O–H groups in total. The Kier molecular flexibility index (Phi) is 4.30. The Morgan fingerprint density at radius 2 is 2.26 bits per heavy atom. The molecule has 0 unspecified atom stereocenters. The van der Waals surface area contributed by atoms with Crippen molar-refractivity contribution in [2.45, 2.75) is 32.7 Å². The van der Waals surface area contributed by atoms with Gasteiger partial charge in [-0.05, 0) is 38.8 Å². The summed E-state index contributed by atoms with van der Waals surface area (Å²) >= 11 is 0. The first kappa shape index (κ1) is 13.7. The predicted octanol–water partition coefficient (Wildman–Crippen LogP) is 2.29. The fraction of sp³-hybridized carbons (Fsp3) is 0.533. The third kappa shape index (κ3) is 3.19. The highest BCUT2D eigenvalue weighted by Crippen LogP contribution is 2.30. The minimum Gasteiger partial charge on any atom is -0.483 e. The highest BCUT2D eigenvalue weighted by Gasteiger charge is 2.16. The Balaban J connectivity index is 2.02. The van der Waals surface area contributed by atoms with Gasteiger partial charge in [-0.15, -0.1) is 0 Å². The van der Waals surface area contributed by atoms with Crippen LogP contribution >= 0.6 is 0 Å². The molecule has 2 rings (SSSR count). The first-order chi connectivity index (χ1) is 9.09. The number of hydrogen-bond acceptors (Lipinski definition) is 3. The van der Waals surface area contributed by atoms with Crippen molar-refractivity contribution in [3.63, 3.8) is 0 Å². The number of carbonyl (C=O) groups is 1. The maximum atomic E-state index is 11.9. The normalized spacial score (nSPS) is 13.7. The van der Waals surface area contributed by atoms with Gasteiger partial charge in [0.05, 0.1) is 0 Å². The van der Waals surface area contributed by atoms with Gasteiger partial charge >= 0.3 is 0 Å². The van der Waals surface area contributed by atoms with Crippen LogP contribution in [0.2, 0.25) is 0 Å². The number of benzene rings is 1. The Morgan fingerprint density at radius 1 is 1.47 bits per heavy atom. The van der Waals surface area contributed by atoms with Gasteiger partial charge in [0.15, 0.2) is 6.61 Å². The Bertz CT molecular complexity index is 457. The lowest BCUT2D eigenvalue weighted by atomic mass is 10.0. The molecule has 0 saturated heterocycles. The van der Waals surface area contributed by atoms with Gasteiger partial charge in [-0.3, -0.25) is 4.79 Å². The summed E-state index contributed by atoms with van der Waals surface area (Å²) in [7, 11) is 1.80. The standard InChI is InChI=1S/C15H22N2O2/c1-11(2)17(3)15(18)10-19-14-8-4-7-13-12(14)6-5-9-16-13/h4,7-8,11,16H,5-6,9-10H2,1-3H3. The molecule has 0 saturated carbocycles. The summed E-state index contributed by atoms with van der Waals surface area (Å²) in [6.45, 7) is 5.09. The van der Waals surface area contributed by atoms with Crippen molar-refractivity contribution in [2.24, 2.45) is 0 Å². The number of anilines is 1. The van der Waals surface area contributed by atoms with Crippen LogP contribution in [0.4, 0.5) is 5.69 Å². The molecule has 0 fully saturated rings. The minimum atomic E-state index is 0.0105. The van der Waals surface area contributed by atoms with E-state index in [1.54, 1.807) is 11.9 Å². The molecule has 1 aliphatic rings. The van der Waals surface area contributed by atoms with Crippen LogP contribution in [-0.2, 0) is 11.2 Å². The summed E-state index contributed by atoms with van der Waals surface area (Å²) in [5.74, 6) is 0.839. The molecule has 104 valence electrons. The highest BCUT2D eigenvalue weighted by atomic mass is 16.5. The molecular formula is C15H22N2O2. The van der Waals surface area contributed by atoms with Gasteiger partial charge in [0.2, 0.25) is 0 Å². The number of nitrogens with one attached hydrogen (secondary N) is 1. The number of fused-ring (bicyclic) bond motifs is 1. The largest absolute Gasteiger partial charge is 0.483 e. The molecule has 0 bridgehead atoms. The average molecular weight is 262 g/mol. The second kappa shape index (κ2) is 5.95. The Hall–Kier alpha value is -1.71. The van der Waals surface area contributed by atoms with Crippen molar-refractivity contribution in [1.82, 2.24) is 4.90 Å². The van der Waals surface area contributed by atoms with E-state index in [-0.39, 0.29) is 18.6 Å². The molecule has 19 heavy (non-hydrogen) atoms. The number of carbonyl (C=O) groups excluding carboxylic acids is 1. The molecule has 0 spiro atoms. The predicted molar refractivity (Wildman–Crippen MR) is 76.7 cm³/mol. The smallest absolute Gasteiger partial charge is 0.260 e. The summed E-state index contributed by atoms with van der Waals surface area (Å²) < 4.78 is 5.71. The molecule has 4 heteroatoms. The number of nitrogens with zero attached hydrogens (tertiary/aromatic N) is 1. The summed E-state index contributed by atoms with van der Waals surface area (Å²) in [5, 5.41) is 3.36. The third-order valence-electron chi connectivity index (χ3n) is 3.57. The summed E-state index contributed by atoms with van der Waals surface area (Å²) in [5.41, 5.74) is 2.32. The number of amides is 1.